The van der Waals surface area contributed by atoms with Crippen molar-refractivity contribution >= 4 is 73.8 Å². The third kappa shape index (κ3) is 5.65. The molecule has 262 valence electrons. The standard InChI is InChI=1S/C34H24BrF3N4O7S2/c35-15-4-9-22(49-13-23(43)39-16-3-1-2-14(10-16)34(36,37)38)19(11-15)24-25-20-12-21(28(25)50-30-29(24)51-33(46)40-30)27-26(20)31(44)41(32(27)45)17-5-7-18(8-6-17)42(47)48/h1-11,20-21,24-28H,12-13H2,(H,39,43)(H,40,46)/t20?,21?,24-,25?,26?,27?,28?/m1/s1. The van der Waals surface area contributed by atoms with Crippen LogP contribution in [0.1, 0.15) is 28.3 Å². The van der Waals surface area contributed by atoms with E-state index in [2.05, 4.69) is 26.2 Å². The van der Waals surface area contributed by atoms with Crippen LogP contribution < -0.4 is 19.8 Å². The first-order valence-electron chi connectivity index (χ1n) is 15.7. The molecule has 2 saturated carbocycles. The van der Waals surface area contributed by atoms with Crippen molar-refractivity contribution in [3.8, 4) is 5.75 Å². The summed E-state index contributed by atoms with van der Waals surface area (Å²) < 4.78 is 46.3. The molecule has 17 heteroatoms. The fraction of sp³-hybridized carbons (Fsp3) is 0.294. The van der Waals surface area contributed by atoms with Crippen molar-refractivity contribution in [2.75, 3.05) is 16.8 Å². The number of ether oxygens (including phenoxy) is 1. The number of thiazole rings is 1. The zero-order valence-corrected chi connectivity index (χ0v) is 29.1. The number of carbonyl (C=O) groups excluding carboxylic acids is 3. The number of nitrogens with one attached hydrogen (secondary N) is 2. The number of alkyl halides is 3. The van der Waals surface area contributed by atoms with E-state index in [1.807, 2.05) is 6.07 Å². The normalized spacial score (nSPS) is 26.1. The number of H-pyrrole nitrogens is 1. The lowest BCUT2D eigenvalue weighted by Crippen LogP contribution is -2.42. The highest BCUT2D eigenvalue weighted by Gasteiger charge is 2.70. The zero-order chi connectivity index (χ0) is 35.9. The van der Waals surface area contributed by atoms with Gasteiger partial charge < -0.3 is 15.0 Å². The Hall–Kier alpha value is -4.48. The molecule has 3 heterocycles. The number of fused-ring (bicyclic) bond motifs is 9. The summed E-state index contributed by atoms with van der Waals surface area (Å²) in [7, 11) is 0. The molecule has 1 aromatic heterocycles. The van der Waals surface area contributed by atoms with Crippen molar-refractivity contribution < 1.29 is 37.2 Å². The molecule has 51 heavy (non-hydrogen) atoms. The number of hydrogen-bond acceptors (Lipinski definition) is 9. The van der Waals surface area contributed by atoms with Crippen LogP contribution in [0.2, 0.25) is 0 Å². The second-order valence-electron chi connectivity index (χ2n) is 12.8. The predicted octanol–water partition coefficient (Wildman–Crippen LogP) is 6.82. The maximum atomic E-state index is 14.1. The van der Waals surface area contributed by atoms with E-state index in [1.54, 1.807) is 12.1 Å². The largest absolute Gasteiger partial charge is 0.483 e. The van der Waals surface area contributed by atoms with Gasteiger partial charge in [-0.3, -0.25) is 34.2 Å². The van der Waals surface area contributed by atoms with Crippen LogP contribution in [0.25, 0.3) is 0 Å². The number of benzene rings is 3. The summed E-state index contributed by atoms with van der Waals surface area (Å²) in [4.78, 5) is 68.8. The molecule has 2 aliphatic heterocycles. The molecule has 8 rings (SSSR count). The van der Waals surface area contributed by atoms with Crippen LogP contribution >= 0.6 is 39.0 Å². The maximum Gasteiger partial charge on any atom is 0.416 e. The van der Waals surface area contributed by atoms with Crippen LogP contribution in [0.4, 0.5) is 30.2 Å². The molecule has 3 fully saturated rings. The van der Waals surface area contributed by atoms with Gasteiger partial charge in [-0.25, -0.2) is 0 Å². The van der Waals surface area contributed by atoms with Crippen molar-refractivity contribution in [2.45, 2.75) is 28.8 Å². The molecule has 2 aliphatic carbocycles. The van der Waals surface area contributed by atoms with E-state index >= 15 is 0 Å². The molecule has 6 unspecified atom stereocenters. The fourth-order valence-corrected chi connectivity index (χ4v) is 11.6. The molecular weight excluding hydrogens is 777 g/mol. The fourth-order valence-electron chi connectivity index (χ4n) is 8.35. The number of anilines is 2. The van der Waals surface area contributed by atoms with Gasteiger partial charge in [0.05, 0.1) is 33.0 Å². The SMILES string of the molecule is O=C(COc1ccc(Br)cc1[C@H]1c2sc(=O)[nH]c2SC2C3CC(C4C(=O)N(c5ccc([N+](=O)[O-])cc5)C(=O)C34)C21)Nc1cccc(C(F)(F)F)c1. The smallest absolute Gasteiger partial charge is 0.416 e. The third-order valence-corrected chi connectivity index (χ3v) is 13.3. The first kappa shape index (κ1) is 33.7. The first-order chi connectivity index (χ1) is 24.3. The molecule has 3 aromatic carbocycles. The Bertz CT molecular complexity index is 2190. The molecule has 11 nitrogen and oxygen atoms in total. The van der Waals surface area contributed by atoms with Gasteiger partial charge in [-0.1, -0.05) is 33.3 Å². The third-order valence-electron chi connectivity index (χ3n) is 10.2. The van der Waals surface area contributed by atoms with Gasteiger partial charge in [0.15, 0.2) is 6.61 Å². The van der Waals surface area contributed by atoms with Crippen molar-refractivity contribution in [3.05, 3.63) is 107 Å². The van der Waals surface area contributed by atoms with Crippen LogP contribution in [0.5, 0.6) is 5.75 Å². The number of aromatic amines is 1. The molecule has 2 N–H and O–H groups in total. The number of imide groups is 1. The van der Waals surface area contributed by atoms with Gasteiger partial charge in [0.1, 0.15) is 5.75 Å². The summed E-state index contributed by atoms with van der Waals surface area (Å²) in [6, 6.07) is 14.8. The summed E-state index contributed by atoms with van der Waals surface area (Å²) in [5, 5.41) is 14.2. The highest BCUT2D eigenvalue weighted by atomic mass is 79.9. The average molecular weight is 802 g/mol. The molecular formula is C34H24BrF3N4O7S2. The van der Waals surface area contributed by atoms with Crippen LogP contribution in [0, 0.1) is 39.7 Å². The molecule has 2 bridgehead atoms. The molecule has 0 radical (unpaired) electrons. The number of aromatic nitrogens is 1. The van der Waals surface area contributed by atoms with E-state index < -0.39 is 46.9 Å². The van der Waals surface area contributed by atoms with Gasteiger partial charge in [-0.05, 0) is 72.7 Å². The van der Waals surface area contributed by atoms with E-state index in [1.165, 1.54) is 48.2 Å². The number of thioether (sulfide) groups is 1. The van der Waals surface area contributed by atoms with E-state index in [4.69, 9.17) is 4.74 Å². The Morgan fingerprint density at radius 3 is 2.47 bits per heavy atom. The lowest BCUT2D eigenvalue weighted by molar-refractivity contribution is -0.384. The molecule has 7 atom stereocenters. The van der Waals surface area contributed by atoms with Gasteiger partial charge >= 0.3 is 11.0 Å². The van der Waals surface area contributed by atoms with Gasteiger partial charge in [-0.2, -0.15) is 13.2 Å². The van der Waals surface area contributed by atoms with Crippen LogP contribution in [-0.2, 0) is 20.6 Å². The Labute approximate surface area is 302 Å². The summed E-state index contributed by atoms with van der Waals surface area (Å²) >= 11 is 6.08. The van der Waals surface area contributed by atoms with Crippen LogP contribution in [0.3, 0.4) is 0 Å². The number of carbonyl (C=O) groups is 3. The summed E-state index contributed by atoms with van der Waals surface area (Å²) in [5.74, 6) is -3.39. The molecule has 4 aliphatic rings. The minimum Gasteiger partial charge on any atom is -0.483 e. The van der Waals surface area contributed by atoms with Crippen LogP contribution in [0.15, 0.2) is 81.0 Å². The van der Waals surface area contributed by atoms with Gasteiger partial charge in [0.25, 0.3) is 11.6 Å². The van der Waals surface area contributed by atoms with E-state index in [-0.39, 0.29) is 56.8 Å². The van der Waals surface area contributed by atoms with Gasteiger partial charge in [0, 0.05) is 43.9 Å². The van der Waals surface area contributed by atoms with Gasteiger partial charge in [0.2, 0.25) is 11.8 Å². The van der Waals surface area contributed by atoms with Crippen molar-refractivity contribution in [1.29, 1.82) is 0 Å². The number of amides is 3. The number of rotatable bonds is 7. The summed E-state index contributed by atoms with van der Waals surface area (Å²) in [5.41, 5.74) is -0.196. The van der Waals surface area contributed by atoms with E-state index in [0.717, 1.165) is 33.2 Å². The molecule has 0 spiro atoms. The second-order valence-corrected chi connectivity index (χ2v) is 16.0. The summed E-state index contributed by atoms with van der Waals surface area (Å²) in [6.45, 7) is -0.523. The summed E-state index contributed by atoms with van der Waals surface area (Å²) in [6.07, 6.45) is -3.97. The Kier molecular flexibility index (Phi) is 8.14. The molecule has 1 saturated heterocycles. The van der Waals surface area contributed by atoms with Crippen molar-refractivity contribution in [3.63, 3.8) is 0 Å². The van der Waals surface area contributed by atoms with Gasteiger partial charge in [-0.15, -0.1) is 11.8 Å². The molecule has 3 amide bonds. The average Bonchev–Trinajstić information content (AvgIpc) is 3.82. The number of non-ortho nitro benzene ring substituents is 1. The van der Waals surface area contributed by atoms with Crippen molar-refractivity contribution in [2.24, 2.45) is 29.6 Å². The van der Waals surface area contributed by atoms with E-state index in [0.29, 0.717) is 27.2 Å². The minimum absolute atomic E-state index is 0.0431. The number of nitro benzene ring substituents is 1. The van der Waals surface area contributed by atoms with Crippen LogP contribution in [-0.4, -0.2) is 39.5 Å². The lowest BCUT2D eigenvalue weighted by Gasteiger charge is -2.43. The van der Waals surface area contributed by atoms with Crippen molar-refractivity contribution in [1.82, 2.24) is 4.98 Å². The second kappa shape index (κ2) is 12.3. The highest BCUT2D eigenvalue weighted by Crippen LogP contribution is 2.69. The lowest BCUT2D eigenvalue weighted by atomic mass is 9.68. The number of nitro groups is 1. The monoisotopic (exact) mass is 800 g/mol. The quantitative estimate of drug-likeness (QED) is 0.117. The zero-order valence-electron chi connectivity index (χ0n) is 25.9. The van der Waals surface area contributed by atoms with E-state index in [9.17, 15) is 42.5 Å². The first-order valence-corrected chi connectivity index (χ1v) is 18.2. The molecule has 4 aromatic rings. The topological polar surface area (TPSA) is 152 Å². The number of halogens is 4. The minimum atomic E-state index is -4.58. The number of nitrogens with zero attached hydrogens (tertiary/aromatic N) is 2. The highest BCUT2D eigenvalue weighted by molar-refractivity contribution is 9.10. The Morgan fingerprint density at radius 1 is 1.04 bits per heavy atom. The predicted molar refractivity (Wildman–Crippen MR) is 184 cm³/mol. The Balaban J connectivity index is 1.11. The maximum absolute atomic E-state index is 14.1. The Morgan fingerprint density at radius 2 is 1.76 bits per heavy atom. The number of hydrogen-bond donors (Lipinski definition) is 2.